The molecule has 1 aliphatic rings. The molecule has 0 bridgehead atoms. The number of ether oxygens (including phenoxy) is 1. The first-order valence-corrected chi connectivity index (χ1v) is 4.88. The summed E-state index contributed by atoms with van der Waals surface area (Å²) in [7, 11) is 0. The van der Waals surface area contributed by atoms with E-state index in [0.717, 1.165) is 11.0 Å². The standard InChI is InChI=1S/C8H12N4O5/c9-6(16)7-10-2-12(11-7)8-5(15)4(14)3(1-13)17-8/h2-5,8,13-15H,1H2,(H2,9,16)/t3-,4?,5+,8-/m1/s1. The molecular weight excluding hydrogens is 232 g/mol. The Morgan fingerprint density at radius 1 is 1.53 bits per heavy atom. The van der Waals surface area contributed by atoms with Crippen LogP contribution in [0, 0.1) is 0 Å². The van der Waals surface area contributed by atoms with E-state index in [-0.39, 0.29) is 5.82 Å². The molecule has 1 amide bonds. The molecule has 9 nitrogen and oxygen atoms in total. The molecule has 0 aliphatic carbocycles. The fraction of sp³-hybridized carbons (Fsp3) is 0.625. The zero-order valence-electron chi connectivity index (χ0n) is 8.67. The Kier molecular flexibility index (Phi) is 3.07. The minimum atomic E-state index is -1.27. The first-order valence-electron chi connectivity index (χ1n) is 4.88. The second-order valence-corrected chi connectivity index (χ2v) is 3.64. The molecule has 2 heterocycles. The molecule has 1 aromatic rings. The first-order chi connectivity index (χ1) is 8.04. The van der Waals surface area contributed by atoms with Crippen LogP contribution in [-0.4, -0.2) is 60.9 Å². The molecule has 1 unspecified atom stereocenters. The van der Waals surface area contributed by atoms with Crippen LogP contribution in [0.2, 0.25) is 0 Å². The van der Waals surface area contributed by atoms with Crippen LogP contribution in [0.4, 0.5) is 0 Å². The van der Waals surface area contributed by atoms with Crippen LogP contribution in [0.5, 0.6) is 0 Å². The molecule has 0 saturated carbocycles. The number of aliphatic hydroxyl groups is 3. The van der Waals surface area contributed by atoms with Crippen LogP contribution in [0.25, 0.3) is 0 Å². The number of hydrogen-bond acceptors (Lipinski definition) is 7. The van der Waals surface area contributed by atoms with Crippen LogP contribution < -0.4 is 5.73 Å². The van der Waals surface area contributed by atoms with Gasteiger partial charge in [0.15, 0.2) is 6.23 Å². The summed E-state index contributed by atoms with van der Waals surface area (Å²) in [6.07, 6.45) is -3.26. The Hall–Kier alpha value is -1.55. The number of carbonyl (C=O) groups is 1. The van der Waals surface area contributed by atoms with E-state index >= 15 is 0 Å². The van der Waals surface area contributed by atoms with Crippen molar-refractivity contribution in [2.45, 2.75) is 24.5 Å². The zero-order valence-corrected chi connectivity index (χ0v) is 8.67. The van der Waals surface area contributed by atoms with Crippen molar-refractivity contribution in [3.8, 4) is 0 Å². The topological polar surface area (TPSA) is 144 Å². The second kappa shape index (κ2) is 4.37. The summed E-state index contributed by atoms with van der Waals surface area (Å²) in [6.45, 7) is -0.438. The number of carbonyl (C=O) groups excluding carboxylic acids is 1. The lowest BCUT2D eigenvalue weighted by molar-refractivity contribution is -0.0588. The molecule has 0 spiro atoms. The highest BCUT2D eigenvalue weighted by atomic mass is 16.6. The maximum absolute atomic E-state index is 10.8. The number of nitrogens with two attached hydrogens (primary N) is 1. The molecule has 0 radical (unpaired) electrons. The average Bonchev–Trinajstić information content (AvgIpc) is 2.87. The number of nitrogens with zero attached hydrogens (tertiary/aromatic N) is 3. The van der Waals surface area contributed by atoms with Gasteiger partial charge in [-0.1, -0.05) is 0 Å². The Bertz CT molecular complexity index is 422. The lowest BCUT2D eigenvalue weighted by atomic mass is 10.1. The summed E-state index contributed by atoms with van der Waals surface area (Å²) < 4.78 is 6.25. The van der Waals surface area contributed by atoms with E-state index < -0.39 is 37.1 Å². The number of rotatable bonds is 3. The van der Waals surface area contributed by atoms with E-state index in [0.29, 0.717) is 0 Å². The lowest BCUT2D eigenvalue weighted by Gasteiger charge is -2.13. The van der Waals surface area contributed by atoms with Gasteiger partial charge in [0.25, 0.3) is 5.91 Å². The molecule has 0 aromatic carbocycles. The third kappa shape index (κ3) is 2.00. The molecule has 4 atom stereocenters. The molecule has 5 N–H and O–H groups in total. The van der Waals surface area contributed by atoms with E-state index in [1.54, 1.807) is 0 Å². The van der Waals surface area contributed by atoms with Crippen LogP contribution in [-0.2, 0) is 4.74 Å². The maximum Gasteiger partial charge on any atom is 0.288 e. The van der Waals surface area contributed by atoms with Crippen molar-refractivity contribution in [3.63, 3.8) is 0 Å². The second-order valence-electron chi connectivity index (χ2n) is 3.64. The molecule has 1 fully saturated rings. The van der Waals surface area contributed by atoms with Crippen LogP contribution >= 0.6 is 0 Å². The van der Waals surface area contributed by atoms with Gasteiger partial charge in [-0.25, -0.2) is 9.67 Å². The number of amides is 1. The van der Waals surface area contributed by atoms with E-state index in [1.165, 1.54) is 0 Å². The van der Waals surface area contributed by atoms with E-state index in [4.69, 9.17) is 15.6 Å². The number of aromatic nitrogens is 3. The molecule has 94 valence electrons. The van der Waals surface area contributed by atoms with Gasteiger partial charge >= 0.3 is 0 Å². The SMILES string of the molecule is NC(=O)c1ncn([C@@H]2O[C@H](CO)C(O)[C@@H]2O)n1. The summed E-state index contributed by atoms with van der Waals surface area (Å²) in [5.74, 6) is -1.03. The summed E-state index contributed by atoms with van der Waals surface area (Å²) in [6, 6.07) is 0. The predicted octanol–water partition coefficient (Wildman–Crippen LogP) is -3.01. The molecule has 1 aromatic heterocycles. The lowest BCUT2D eigenvalue weighted by Crippen LogP contribution is -2.33. The smallest absolute Gasteiger partial charge is 0.288 e. The van der Waals surface area contributed by atoms with Crippen LogP contribution in [0.3, 0.4) is 0 Å². The van der Waals surface area contributed by atoms with Crippen molar-refractivity contribution in [2.75, 3.05) is 6.61 Å². The van der Waals surface area contributed by atoms with E-state index in [1.807, 2.05) is 0 Å². The van der Waals surface area contributed by atoms with Gasteiger partial charge in [0.05, 0.1) is 6.61 Å². The van der Waals surface area contributed by atoms with Crippen LogP contribution in [0.1, 0.15) is 16.8 Å². The molecule has 1 aliphatic heterocycles. The summed E-state index contributed by atoms with van der Waals surface area (Å²) in [4.78, 5) is 14.4. The highest BCUT2D eigenvalue weighted by molar-refractivity contribution is 5.88. The quantitative estimate of drug-likeness (QED) is 0.443. The normalized spacial score (nSPS) is 32.9. The highest BCUT2D eigenvalue weighted by Crippen LogP contribution is 2.28. The summed E-state index contributed by atoms with van der Waals surface area (Å²) in [5, 5.41) is 31.8. The molecule has 9 heteroatoms. The van der Waals surface area contributed by atoms with Gasteiger partial charge in [0.1, 0.15) is 24.6 Å². The fourth-order valence-corrected chi connectivity index (χ4v) is 1.61. The summed E-state index contributed by atoms with van der Waals surface area (Å²) in [5.41, 5.74) is 4.97. The van der Waals surface area contributed by atoms with Crippen LogP contribution in [0.15, 0.2) is 6.33 Å². The van der Waals surface area contributed by atoms with Gasteiger partial charge in [-0.15, -0.1) is 5.10 Å². The van der Waals surface area contributed by atoms with Gasteiger partial charge in [0.2, 0.25) is 5.82 Å². The van der Waals surface area contributed by atoms with Gasteiger partial charge in [-0.3, -0.25) is 4.79 Å². The third-order valence-corrected chi connectivity index (χ3v) is 2.51. The Morgan fingerprint density at radius 2 is 2.24 bits per heavy atom. The molecule has 1 saturated heterocycles. The van der Waals surface area contributed by atoms with Crippen molar-refractivity contribution in [1.29, 1.82) is 0 Å². The largest absolute Gasteiger partial charge is 0.394 e. The Balaban J connectivity index is 2.19. The van der Waals surface area contributed by atoms with Crippen molar-refractivity contribution < 1.29 is 24.9 Å². The predicted molar refractivity (Wildman–Crippen MR) is 51.5 cm³/mol. The highest BCUT2D eigenvalue weighted by Gasteiger charge is 2.43. The molecular formula is C8H12N4O5. The molecule has 17 heavy (non-hydrogen) atoms. The van der Waals surface area contributed by atoms with Gasteiger partial charge in [0, 0.05) is 0 Å². The minimum Gasteiger partial charge on any atom is -0.394 e. The fourth-order valence-electron chi connectivity index (χ4n) is 1.61. The Morgan fingerprint density at radius 3 is 2.71 bits per heavy atom. The van der Waals surface area contributed by atoms with E-state index in [9.17, 15) is 15.0 Å². The van der Waals surface area contributed by atoms with E-state index in [2.05, 4.69) is 10.1 Å². The molecule has 2 rings (SSSR count). The third-order valence-electron chi connectivity index (χ3n) is 2.51. The van der Waals surface area contributed by atoms with Gasteiger partial charge in [-0.05, 0) is 0 Å². The van der Waals surface area contributed by atoms with Gasteiger partial charge < -0.3 is 25.8 Å². The maximum atomic E-state index is 10.8. The number of aliphatic hydroxyl groups excluding tert-OH is 3. The average molecular weight is 244 g/mol. The number of primary amides is 1. The Labute approximate surface area is 95.4 Å². The minimum absolute atomic E-state index is 0.220. The summed E-state index contributed by atoms with van der Waals surface area (Å²) >= 11 is 0. The zero-order chi connectivity index (χ0) is 12.6. The van der Waals surface area contributed by atoms with Gasteiger partial charge in [-0.2, -0.15) is 0 Å². The van der Waals surface area contributed by atoms with Crippen molar-refractivity contribution in [2.24, 2.45) is 5.73 Å². The first kappa shape index (κ1) is 11.9. The van der Waals surface area contributed by atoms with Crippen molar-refractivity contribution in [1.82, 2.24) is 14.8 Å². The number of hydrogen-bond donors (Lipinski definition) is 4. The van der Waals surface area contributed by atoms with Crippen molar-refractivity contribution in [3.05, 3.63) is 12.2 Å². The monoisotopic (exact) mass is 244 g/mol. The van der Waals surface area contributed by atoms with Crippen molar-refractivity contribution >= 4 is 5.91 Å².